The van der Waals surface area contributed by atoms with Crippen LogP contribution in [0.25, 0.3) is 0 Å². The number of urea groups is 1. The van der Waals surface area contributed by atoms with Crippen molar-refractivity contribution in [3.05, 3.63) is 82.7 Å². The van der Waals surface area contributed by atoms with Crippen LogP contribution >= 0.6 is 0 Å². The Hall–Kier alpha value is -4.30. The lowest BCUT2D eigenvalue weighted by atomic mass is 9.74. The van der Waals surface area contributed by atoms with Crippen molar-refractivity contribution in [3.63, 3.8) is 0 Å². The van der Waals surface area contributed by atoms with Crippen molar-refractivity contribution in [2.75, 3.05) is 26.2 Å². The molecule has 0 saturated carbocycles. The van der Waals surface area contributed by atoms with Crippen LogP contribution in [0.2, 0.25) is 0 Å². The predicted molar refractivity (Wildman–Crippen MR) is 143 cm³/mol. The zero-order chi connectivity index (χ0) is 28.7. The van der Waals surface area contributed by atoms with Gasteiger partial charge in [0.1, 0.15) is 17.7 Å². The molecule has 0 aliphatic carbocycles. The molecule has 2 aliphatic rings. The number of nitrogens with zero attached hydrogens (tertiary/aromatic N) is 4. The van der Waals surface area contributed by atoms with Crippen LogP contribution in [0.15, 0.2) is 59.9 Å². The van der Waals surface area contributed by atoms with Gasteiger partial charge in [0.2, 0.25) is 12.8 Å². The topological polar surface area (TPSA) is 109 Å². The number of hydrogen-bond acceptors (Lipinski definition) is 5. The van der Waals surface area contributed by atoms with Gasteiger partial charge in [-0.3, -0.25) is 14.6 Å². The first kappa shape index (κ1) is 28.7. The molecule has 2 aromatic rings. The summed E-state index contributed by atoms with van der Waals surface area (Å²) in [6, 6.07) is 13.4. The summed E-state index contributed by atoms with van der Waals surface area (Å²) in [4.78, 5) is 39.1. The van der Waals surface area contributed by atoms with Crippen molar-refractivity contribution < 1.29 is 23.2 Å². The van der Waals surface area contributed by atoms with E-state index in [1.165, 1.54) is 6.07 Å². The Balaban J connectivity index is 1.49. The van der Waals surface area contributed by atoms with Crippen molar-refractivity contribution in [3.8, 4) is 6.07 Å². The van der Waals surface area contributed by atoms with Crippen LogP contribution in [-0.4, -0.2) is 59.9 Å². The smallest absolute Gasteiger partial charge is 0.328 e. The second-order valence-corrected chi connectivity index (χ2v) is 9.87. The molecule has 4 rings (SSSR count). The number of hydrogen-bond donors (Lipinski definition) is 2. The van der Waals surface area contributed by atoms with E-state index in [1.807, 2.05) is 30.3 Å². The Morgan fingerprint density at radius 1 is 1.18 bits per heavy atom. The Morgan fingerprint density at radius 3 is 2.50 bits per heavy atom. The van der Waals surface area contributed by atoms with Gasteiger partial charge in [-0.2, -0.15) is 5.26 Å². The fourth-order valence-electron chi connectivity index (χ4n) is 5.49. The van der Waals surface area contributed by atoms with Gasteiger partial charge in [-0.15, -0.1) is 0 Å². The summed E-state index contributed by atoms with van der Waals surface area (Å²) in [5.41, 5.74) is 0.970. The summed E-state index contributed by atoms with van der Waals surface area (Å²) in [6.07, 6.45) is 3.06. The van der Waals surface area contributed by atoms with Crippen LogP contribution in [-0.2, 0) is 15.0 Å². The fourth-order valence-corrected chi connectivity index (χ4v) is 5.49. The number of allylic oxidation sites excluding steroid dienone is 1. The first-order valence-corrected chi connectivity index (χ1v) is 13.3. The number of amides is 4. The number of hydrazine groups is 1. The molecular weight excluding hydrogens is 518 g/mol. The molecule has 2 heterocycles. The Morgan fingerprint density at radius 2 is 1.90 bits per heavy atom. The highest BCUT2D eigenvalue weighted by atomic mass is 19.1. The van der Waals surface area contributed by atoms with E-state index in [1.54, 1.807) is 6.92 Å². The minimum Gasteiger partial charge on any atom is -0.328 e. The number of nitrogens with one attached hydrogen (secondary N) is 2. The molecule has 1 fully saturated rings. The molecule has 0 bridgehead atoms. The van der Waals surface area contributed by atoms with E-state index < -0.39 is 29.1 Å². The molecule has 4 amide bonds. The highest BCUT2D eigenvalue weighted by Crippen LogP contribution is 2.36. The van der Waals surface area contributed by atoms with Gasteiger partial charge in [-0.05, 0) is 56.9 Å². The molecule has 210 valence electrons. The van der Waals surface area contributed by atoms with E-state index in [2.05, 4.69) is 21.6 Å². The van der Waals surface area contributed by atoms with Crippen LogP contribution in [0, 0.1) is 23.0 Å². The second kappa shape index (κ2) is 12.7. The van der Waals surface area contributed by atoms with E-state index in [-0.39, 0.29) is 17.8 Å². The summed E-state index contributed by atoms with van der Waals surface area (Å²) in [5, 5.41) is 17.4. The number of rotatable bonds is 11. The first-order valence-electron chi connectivity index (χ1n) is 13.3. The van der Waals surface area contributed by atoms with Gasteiger partial charge < -0.3 is 15.5 Å². The van der Waals surface area contributed by atoms with Crippen LogP contribution < -0.4 is 10.6 Å². The van der Waals surface area contributed by atoms with Gasteiger partial charge in [0, 0.05) is 23.9 Å². The molecule has 0 spiro atoms. The number of piperidine rings is 1. The SMILES string of the molecule is CCC1=C(NC=O)C(c2ccc(F)cc2F)N(N(C=O)CCCN2CCC(C#N)(c3ccccc3)CC2)C(=O)N1. The van der Waals surface area contributed by atoms with Crippen LogP contribution in [0.1, 0.15) is 49.8 Å². The summed E-state index contributed by atoms with van der Waals surface area (Å²) < 4.78 is 28.7. The molecule has 2 aliphatic heterocycles. The van der Waals surface area contributed by atoms with Crippen molar-refractivity contribution in [2.45, 2.75) is 44.1 Å². The van der Waals surface area contributed by atoms with Gasteiger partial charge in [0.05, 0.1) is 17.2 Å². The molecule has 2 N–H and O–H groups in total. The molecule has 1 atom stereocenters. The number of carbonyl (C=O) groups excluding carboxylic acids is 3. The average molecular weight is 551 g/mol. The number of halogens is 2. The van der Waals surface area contributed by atoms with E-state index >= 15 is 0 Å². The van der Waals surface area contributed by atoms with Crippen molar-refractivity contribution in [1.82, 2.24) is 25.6 Å². The summed E-state index contributed by atoms with van der Waals surface area (Å²) in [5.74, 6) is -1.71. The zero-order valence-corrected chi connectivity index (χ0v) is 22.3. The monoisotopic (exact) mass is 550 g/mol. The maximum atomic E-state index is 15.0. The van der Waals surface area contributed by atoms with Gasteiger partial charge in [-0.25, -0.2) is 18.6 Å². The third kappa shape index (κ3) is 5.82. The maximum absolute atomic E-state index is 15.0. The van der Waals surface area contributed by atoms with Crippen molar-refractivity contribution in [2.24, 2.45) is 0 Å². The minimum atomic E-state index is -1.20. The van der Waals surface area contributed by atoms with Gasteiger partial charge in [-0.1, -0.05) is 43.3 Å². The minimum absolute atomic E-state index is 0.0665. The average Bonchev–Trinajstić information content (AvgIpc) is 2.97. The van der Waals surface area contributed by atoms with E-state index in [4.69, 9.17) is 0 Å². The second-order valence-electron chi connectivity index (χ2n) is 9.87. The summed E-state index contributed by atoms with van der Waals surface area (Å²) >= 11 is 0. The third-order valence-corrected chi connectivity index (χ3v) is 7.64. The normalized spacial score (nSPS) is 19.0. The molecule has 0 aromatic heterocycles. The summed E-state index contributed by atoms with van der Waals surface area (Å²) in [7, 11) is 0. The Kier molecular flexibility index (Phi) is 9.11. The van der Waals surface area contributed by atoms with E-state index in [0.717, 1.165) is 21.6 Å². The van der Waals surface area contributed by atoms with Gasteiger partial charge >= 0.3 is 6.03 Å². The summed E-state index contributed by atoms with van der Waals surface area (Å²) in [6.45, 7) is 3.90. The molecule has 1 unspecified atom stereocenters. The van der Waals surface area contributed by atoms with Crippen LogP contribution in [0.5, 0.6) is 0 Å². The molecular formula is C29H32F2N6O3. The molecule has 2 aromatic carbocycles. The lowest BCUT2D eigenvalue weighted by Gasteiger charge is -2.43. The molecule has 11 heteroatoms. The Bertz CT molecular complexity index is 1300. The van der Waals surface area contributed by atoms with Crippen LogP contribution in [0.3, 0.4) is 0 Å². The van der Waals surface area contributed by atoms with Gasteiger partial charge in [0.15, 0.2) is 0 Å². The van der Waals surface area contributed by atoms with Crippen LogP contribution in [0.4, 0.5) is 13.6 Å². The van der Waals surface area contributed by atoms with Crippen molar-refractivity contribution >= 4 is 18.9 Å². The zero-order valence-electron chi connectivity index (χ0n) is 22.3. The highest BCUT2D eigenvalue weighted by molar-refractivity contribution is 5.80. The quantitative estimate of drug-likeness (QED) is 0.415. The Labute approximate surface area is 232 Å². The fraction of sp³-hybridized carbons (Fsp3) is 0.379. The number of benzene rings is 2. The first-order chi connectivity index (χ1) is 19.4. The number of likely N-dealkylation sites (tertiary alicyclic amines) is 1. The van der Waals surface area contributed by atoms with E-state index in [9.17, 15) is 28.4 Å². The maximum Gasteiger partial charge on any atom is 0.341 e. The van der Waals surface area contributed by atoms with E-state index in [0.29, 0.717) is 69.9 Å². The van der Waals surface area contributed by atoms with Crippen molar-refractivity contribution in [1.29, 1.82) is 5.26 Å². The molecule has 40 heavy (non-hydrogen) atoms. The lowest BCUT2D eigenvalue weighted by Crippen LogP contribution is -2.57. The molecule has 0 radical (unpaired) electrons. The predicted octanol–water partition coefficient (Wildman–Crippen LogP) is 3.72. The highest BCUT2D eigenvalue weighted by Gasteiger charge is 2.40. The number of nitriles is 1. The van der Waals surface area contributed by atoms with Gasteiger partial charge in [0.25, 0.3) is 0 Å². The molecule has 1 saturated heterocycles. The lowest BCUT2D eigenvalue weighted by molar-refractivity contribution is -0.133. The standard InChI is InChI=1S/C29H32F2N6O3/c1-2-25-26(33-19-38)27(23-10-9-22(30)17-24(23)31)37(28(40)34-25)36(20-39)14-6-13-35-15-11-29(18-32,12-16-35)21-7-4-3-5-8-21/h3-5,7-10,17,19-20,27H,2,6,11-16H2,1H3,(H,33,38)(H,34,40). The number of carbonyl (C=O) groups is 3. The molecule has 9 nitrogen and oxygen atoms in total. The largest absolute Gasteiger partial charge is 0.341 e. The third-order valence-electron chi connectivity index (χ3n) is 7.64.